The first-order valence-electron chi connectivity index (χ1n) is 11.6. The average Bonchev–Trinajstić information content (AvgIpc) is 3.37. The molecule has 190 valence electrons. The van der Waals surface area contributed by atoms with Crippen LogP contribution < -0.4 is 5.32 Å². The van der Waals surface area contributed by atoms with Crippen molar-refractivity contribution >= 4 is 12.0 Å². The van der Waals surface area contributed by atoms with E-state index in [9.17, 15) is 9.59 Å². The van der Waals surface area contributed by atoms with E-state index in [1.807, 2.05) is 57.2 Å². The van der Waals surface area contributed by atoms with Gasteiger partial charge in [0.25, 0.3) is 11.8 Å². The highest BCUT2D eigenvalue weighted by Gasteiger charge is 2.17. The summed E-state index contributed by atoms with van der Waals surface area (Å²) in [4.78, 5) is 34.5. The van der Waals surface area contributed by atoms with Gasteiger partial charge >= 0.3 is 6.09 Å². The number of hydrogen-bond acceptors (Lipinski definition) is 8. The highest BCUT2D eigenvalue weighted by Crippen LogP contribution is 2.25. The maximum absolute atomic E-state index is 12.1. The standard InChI is InChI=1S/C27H28N6O4/c1-27(2,3)37-26(35)29-14-17-7-6-8-20(13-17)23-31-32-24(36-23)22-16-28-15-21(30-22)18-9-11-19(12-10-18)25(34)33(4)5/h6-13,15-16H,14H2,1-5H3,(H,29,35). The van der Waals surface area contributed by atoms with Gasteiger partial charge in [0.2, 0.25) is 5.89 Å². The lowest BCUT2D eigenvalue weighted by molar-refractivity contribution is 0.0523. The molecular weight excluding hydrogens is 472 g/mol. The van der Waals surface area contributed by atoms with Crippen molar-refractivity contribution in [1.82, 2.24) is 30.4 Å². The van der Waals surface area contributed by atoms with Crippen molar-refractivity contribution in [2.45, 2.75) is 32.9 Å². The lowest BCUT2D eigenvalue weighted by atomic mass is 10.1. The van der Waals surface area contributed by atoms with Crippen LogP contribution in [-0.4, -0.2) is 56.8 Å². The number of nitrogens with zero attached hydrogens (tertiary/aromatic N) is 5. The Labute approximate surface area is 214 Å². The van der Waals surface area contributed by atoms with Crippen LogP contribution in [0.3, 0.4) is 0 Å². The molecule has 37 heavy (non-hydrogen) atoms. The summed E-state index contributed by atoms with van der Waals surface area (Å²) in [6.45, 7) is 5.72. The topological polar surface area (TPSA) is 123 Å². The molecule has 2 heterocycles. The van der Waals surface area contributed by atoms with E-state index in [1.54, 1.807) is 38.6 Å². The van der Waals surface area contributed by atoms with Gasteiger partial charge in [-0.2, -0.15) is 0 Å². The normalized spacial score (nSPS) is 11.2. The van der Waals surface area contributed by atoms with Crippen LogP contribution in [0.4, 0.5) is 4.79 Å². The van der Waals surface area contributed by atoms with E-state index in [1.165, 1.54) is 4.90 Å². The summed E-state index contributed by atoms with van der Waals surface area (Å²) in [5.74, 6) is 0.461. The third kappa shape index (κ3) is 6.54. The molecule has 0 spiro atoms. The van der Waals surface area contributed by atoms with E-state index in [0.717, 1.165) is 11.1 Å². The van der Waals surface area contributed by atoms with Gasteiger partial charge in [-0.25, -0.2) is 9.78 Å². The average molecular weight is 501 g/mol. The molecule has 0 atom stereocenters. The van der Waals surface area contributed by atoms with Crippen molar-refractivity contribution in [3.63, 3.8) is 0 Å². The van der Waals surface area contributed by atoms with E-state index in [0.29, 0.717) is 28.4 Å². The Kier molecular flexibility index (Phi) is 7.28. The number of carbonyl (C=O) groups excluding carboxylic acids is 2. The number of rotatable bonds is 6. The van der Waals surface area contributed by atoms with Crippen LogP contribution in [-0.2, 0) is 11.3 Å². The Morgan fingerprint density at radius 2 is 1.65 bits per heavy atom. The maximum atomic E-state index is 12.1. The summed E-state index contributed by atoms with van der Waals surface area (Å²) in [6.07, 6.45) is 2.69. The first-order chi connectivity index (χ1) is 17.6. The SMILES string of the molecule is CN(C)C(=O)c1ccc(-c2cncc(-c3nnc(-c4cccc(CNC(=O)OC(C)(C)C)c4)o3)n2)cc1. The number of hydrogen-bond donors (Lipinski definition) is 1. The third-order valence-corrected chi connectivity index (χ3v) is 5.12. The molecule has 0 aliphatic heterocycles. The molecule has 0 unspecified atom stereocenters. The van der Waals surface area contributed by atoms with Gasteiger partial charge in [0.1, 0.15) is 11.3 Å². The number of alkyl carbamates (subject to hydrolysis) is 1. The van der Waals surface area contributed by atoms with E-state index in [4.69, 9.17) is 9.15 Å². The molecule has 1 N–H and O–H groups in total. The van der Waals surface area contributed by atoms with Crippen LogP contribution in [0.15, 0.2) is 65.3 Å². The molecule has 4 aromatic rings. The molecule has 10 heteroatoms. The number of ether oxygens (including phenoxy) is 1. The summed E-state index contributed by atoms with van der Waals surface area (Å²) >= 11 is 0. The molecule has 4 rings (SSSR count). The van der Waals surface area contributed by atoms with Gasteiger partial charge in [0.05, 0.1) is 18.1 Å². The second kappa shape index (κ2) is 10.6. The van der Waals surface area contributed by atoms with Crippen molar-refractivity contribution in [2.24, 2.45) is 0 Å². The van der Waals surface area contributed by atoms with Crippen molar-refractivity contribution in [1.29, 1.82) is 0 Å². The monoisotopic (exact) mass is 500 g/mol. The van der Waals surface area contributed by atoms with Gasteiger partial charge in [-0.05, 0) is 50.6 Å². The van der Waals surface area contributed by atoms with Gasteiger partial charge in [-0.1, -0.05) is 24.3 Å². The Balaban J connectivity index is 1.49. The highest BCUT2D eigenvalue weighted by atomic mass is 16.6. The predicted molar refractivity (Wildman–Crippen MR) is 137 cm³/mol. The van der Waals surface area contributed by atoms with E-state index in [2.05, 4.69) is 25.5 Å². The van der Waals surface area contributed by atoms with Crippen molar-refractivity contribution < 1.29 is 18.7 Å². The molecular formula is C27H28N6O4. The third-order valence-electron chi connectivity index (χ3n) is 5.12. The van der Waals surface area contributed by atoms with Crippen molar-refractivity contribution in [3.8, 4) is 34.3 Å². The first kappa shape index (κ1) is 25.5. The van der Waals surface area contributed by atoms with Crippen molar-refractivity contribution in [2.75, 3.05) is 14.1 Å². The van der Waals surface area contributed by atoms with E-state index in [-0.39, 0.29) is 18.3 Å². The van der Waals surface area contributed by atoms with Gasteiger partial charge in [-0.3, -0.25) is 9.78 Å². The first-order valence-corrected chi connectivity index (χ1v) is 11.6. The number of benzene rings is 2. The Morgan fingerprint density at radius 1 is 0.946 bits per heavy atom. The smallest absolute Gasteiger partial charge is 0.407 e. The van der Waals surface area contributed by atoms with Gasteiger partial charge in [-0.15, -0.1) is 10.2 Å². The van der Waals surface area contributed by atoms with Crippen LogP contribution in [0.5, 0.6) is 0 Å². The number of carbonyl (C=O) groups is 2. The van der Waals surface area contributed by atoms with Gasteiger partial charge < -0.3 is 19.4 Å². The fraction of sp³-hybridized carbons (Fsp3) is 0.259. The largest absolute Gasteiger partial charge is 0.444 e. The van der Waals surface area contributed by atoms with Crippen LogP contribution in [0, 0.1) is 0 Å². The molecule has 0 aliphatic rings. The summed E-state index contributed by atoms with van der Waals surface area (Å²) in [5.41, 5.74) is 3.40. The Bertz CT molecular complexity index is 1410. The molecule has 0 bridgehead atoms. The van der Waals surface area contributed by atoms with Crippen LogP contribution >= 0.6 is 0 Å². The predicted octanol–water partition coefficient (Wildman–Crippen LogP) is 4.59. The fourth-order valence-electron chi connectivity index (χ4n) is 3.40. The van der Waals surface area contributed by atoms with Crippen molar-refractivity contribution in [3.05, 3.63) is 72.1 Å². The second-order valence-electron chi connectivity index (χ2n) is 9.53. The van der Waals surface area contributed by atoms with E-state index < -0.39 is 11.7 Å². The summed E-state index contributed by atoms with van der Waals surface area (Å²) in [6, 6.07) is 14.6. The molecule has 0 aliphatic carbocycles. The summed E-state index contributed by atoms with van der Waals surface area (Å²) < 4.78 is 11.2. The minimum absolute atomic E-state index is 0.0746. The Hall–Kier alpha value is -4.60. The summed E-state index contributed by atoms with van der Waals surface area (Å²) in [7, 11) is 3.42. The van der Waals surface area contributed by atoms with Crippen LogP contribution in [0.2, 0.25) is 0 Å². The minimum Gasteiger partial charge on any atom is -0.444 e. The van der Waals surface area contributed by atoms with Gasteiger partial charge in [0, 0.05) is 37.3 Å². The number of aromatic nitrogens is 4. The number of amides is 2. The molecule has 0 fully saturated rings. The maximum Gasteiger partial charge on any atom is 0.407 e. The number of nitrogens with one attached hydrogen (secondary N) is 1. The van der Waals surface area contributed by atoms with Crippen LogP contribution in [0.1, 0.15) is 36.7 Å². The minimum atomic E-state index is -0.569. The quantitative estimate of drug-likeness (QED) is 0.408. The van der Waals surface area contributed by atoms with E-state index >= 15 is 0 Å². The second-order valence-corrected chi connectivity index (χ2v) is 9.53. The molecule has 0 saturated carbocycles. The zero-order valence-corrected chi connectivity index (χ0v) is 21.3. The molecule has 2 aromatic carbocycles. The molecule has 0 radical (unpaired) electrons. The molecule has 10 nitrogen and oxygen atoms in total. The highest BCUT2D eigenvalue weighted by molar-refractivity contribution is 5.94. The Morgan fingerprint density at radius 3 is 2.35 bits per heavy atom. The molecule has 2 amide bonds. The summed E-state index contributed by atoms with van der Waals surface area (Å²) in [5, 5.41) is 11.0. The lowest BCUT2D eigenvalue weighted by Crippen LogP contribution is -2.32. The molecule has 2 aromatic heterocycles. The zero-order chi connectivity index (χ0) is 26.6. The lowest BCUT2D eigenvalue weighted by Gasteiger charge is -2.19. The molecule has 0 saturated heterocycles. The van der Waals surface area contributed by atoms with Gasteiger partial charge in [0.15, 0.2) is 0 Å². The zero-order valence-electron chi connectivity index (χ0n) is 21.3. The fourth-order valence-corrected chi connectivity index (χ4v) is 3.40. The van der Waals surface area contributed by atoms with Crippen LogP contribution in [0.25, 0.3) is 34.3 Å².